The van der Waals surface area contributed by atoms with Crippen LogP contribution >= 0.6 is 0 Å². The number of ether oxygens (including phenoxy) is 1. The lowest BCUT2D eigenvalue weighted by Gasteiger charge is -2.19. The van der Waals surface area contributed by atoms with Gasteiger partial charge in [0.1, 0.15) is 13.0 Å². The van der Waals surface area contributed by atoms with Crippen LogP contribution < -0.4 is 0 Å². The molecular formula is C7H11NO3. The molecule has 1 aliphatic rings. The SMILES string of the molecule is C[C@H]1COC(=O)CC(=O)N1C. The topological polar surface area (TPSA) is 46.6 Å². The highest BCUT2D eigenvalue weighted by atomic mass is 16.5. The van der Waals surface area contributed by atoms with Crippen molar-refractivity contribution in [3.63, 3.8) is 0 Å². The molecule has 0 aromatic rings. The fourth-order valence-electron chi connectivity index (χ4n) is 0.870. The van der Waals surface area contributed by atoms with Crippen molar-refractivity contribution in [1.29, 1.82) is 0 Å². The number of amides is 1. The molecule has 0 saturated carbocycles. The average molecular weight is 157 g/mol. The van der Waals surface area contributed by atoms with Gasteiger partial charge in [0, 0.05) is 7.05 Å². The second-order valence-electron chi connectivity index (χ2n) is 2.71. The standard InChI is InChI=1S/C7H11NO3/c1-5-4-11-7(10)3-6(9)8(5)2/h5H,3-4H2,1-2H3/t5-/m0/s1. The number of rotatable bonds is 0. The van der Waals surface area contributed by atoms with E-state index in [9.17, 15) is 9.59 Å². The van der Waals surface area contributed by atoms with Crippen LogP contribution in [0.15, 0.2) is 0 Å². The Labute approximate surface area is 65.1 Å². The summed E-state index contributed by atoms with van der Waals surface area (Å²) >= 11 is 0. The monoisotopic (exact) mass is 157 g/mol. The number of likely N-dealkylation sites (N-methyl/N-ethyl adjacent to an activating group) is 1. The van der Waals surface area contributed by atoms with Crippen LogP contribution in [0.25, 0.3) is 0 Å². The number of carbonyl (C=O) groups excluding carboxylic acids is 2. The minimum absolute atomic E-state index is 0.00560. The lowest BCUT2D eigenvalue weighted by atomic mass is 10.3. The van der Waals surface area contributed by atoms with E-state index >= 15 is 0 Å². The molecule has 1 heterocycles. The molecule has 1 saturated heterocycles. The summed E-state index contributed by atoms with van der Waals surface area (Å²) < 4.78 is 4.75. The van der Waals surface area contributed by atoms with Crippen LogP contribution in [0.5, 0.6) is 0 Å². The zero-order chi connectivity index (χ0) is 8.43. The summed E-state index contributed by atoms with van der Waals surface area (Å²) in [4.78, 5) is 23.3. The lowest BCUT2D eigenvalue weighted by molar-refractivity contribution is -0.144. The molecule has 11 heavy (non-hydrogen) atoms. The zero-order valence-corrected chi connectivity index (χ0v) is 6.66. The fraction of sp³-hybridized carbons (Fsp3) is 0.714. The number of hydrogen-bond acceptors (Lipinski definition) is 3. The van der Waals surface area contributed by atoms with Crippen LogP contribution in [-0.4, -0.2) is 36.5 Å². The van der Waals surface area contributed by atoms with Gasteiger partial charge in [0.15, 0.2) is 0 Å². The summed E-state index contributed by atoms with van der Waals surface area (Å²) in [5.41, 5.74) is 0. The summed E-state index contributed by atoms with van der Waals surface area (Å²) in [7, 11) is 1.68. The van der Waals surface area contributed by atoms with Gasteiger partial charge >= 0.3 is 5.97 Å². The molecule has 1 aliphatic heterocycles. The van der Waals surface area contributed by atoms with Crippen molar-refractivity contribution in [3.8, 4) is 0 Å². The number of nitrogens with zero attached hydrogens (tertiary/aromatic N) is 1. The fourth-order valence-corrected chi connectivity index (χ4v) is 0.870. The molecule has 1 rings (SSSR count). The maximum absolute atomic E-state index is 11.1. The molecular weight excluding hydrogens is 146 g/mol. The quantitative estimate of drug-likeness (QED) is 0.361. The van der Waals surface area contributed by atoms with Crippen LogP contribution in [0, 0.1) is 0 Å². The van der Waals surface area contributed by atoms with E-state index in [4.69, 9.17) is 4.74 Å². The Morgan fingerprint density at radius 3 is 2.82 bits per heavy atom. The van der Waals surface area contributed by atoms with Gasteiger partial charge in [0.25, 0.3) is 0 Å². The first-order valence-corrected chi connectivity index (χ1v) is 3.52. The average Bonchev–Trinajstić information content (AvgIpc) is 2.05. The Hall–Kier alpha value is -1.06. The third kappa shape index (κ3) is 1.69. The van der Waals surface area contributed by atoms with E-state index in [1.165, 1.54) is 4.90 Å². The first kappa shape index (κ1) is 8.04. The molecule has 0 aliphatic carbocycles. The van der Waals surface area contributed by atoms with Crippen molar-refractivity contribution in [2.24, 2.45) is 0 Å². The largest absolute Gasteiger partial charge is 0.463 e. The molecule has 62 valence electrons. The number of carbonyl (C=O) groups is 2. The molecule has 0 radical (unpaired) electrons. The highest BCUT2D eigenvalue weighted by molar-refractivity contribution is 5.94. The Bertz CT molecular complexity index is 190. The van der Waals surface area contributed by atoms with Crippen molar-refractivity contribution in [2.75, 3.05) is 13.7 Å². The van der Waals surface area contributed by atoms with Crippen LogP contribution in [0.4, 0.5) is 0 Å². The number of esters is 1. The van der Waals surface area contributed by atoms with E-state index in [1.807, 2.05) is 6.92 Å². The Kier molecular flexibility index (Phi) is 2.12. The van der Waals surface area contributed by atoms with Crippen molar-refractivity contribution >= 4 is 11.9 Å². The van der Waals surface area contributed by atoms with Crippen LogP contribution in [-0.2, 0) is 14.3 Å². The normalized spacial score (nSPS) is 26.4. The first-order chi connectivity index (χ1) is 5.11. The van der Waals surface area contributed by atoms with Crippen LogP contribution in [0.1, 0.15) is 13.3 Å². The van der Waals surface area contributed by atoms with Crippen LogP contribution in [0.2, 0.25) is 0 Å². The van der Waals surface area contributed by atoms with Gasteiger partial charge in [-0.2, -0.15) is 0 Å². The third-order valence-electron chi connectivity index (χ3n) is 1.84. The van der Waals surface area contributed by atoms with E-state index in [0.29, 0.717) is 6.61 Å². The maximum atomic E-state index is 11.1. The van der Waals surface area contributed by atoms with Gasteiger partial charge in [-0.15, -0.1) is 0 Å². The summed E-state index contributed by atoms with van der Waals surface area (Å²) in [5.74, 6) is -0.591. The Balaban J connectivity index is 2.68. The maximum Gasteiger partial charge on any atom is 0.315 e. The van der Waals surface area contributed by atoms with Gasteiger partial charge in [-0.3, -0.25) is 9.59 Å². The van der Waals surface area contributed by atoms with Crippen molar-refractivity contribution in [1.82, 2.24) is 4.90 Å². The second kappa shape index (κ2) is 2.90. The predicted molar refractivity (Wildman–Crippen MR) is 37.8 cm³/mol. The van der Waals surface area contributed by atoms with E-state index in [2.05, 4.69) is 0 Å². The van der Waals surface area contributed by atoms with E-state index in [-0.39, 0.29) is 18.4 Å². The van der Waals surface area contributed by atoms with Crippen molar-refractivity contribution in [3.05, 3.63) is 0 Å². The van der Waals surface area contributed by atoms with E-state index < -0.39 is 5.97 Å². The van der Waals surface area contributed by atoms with E-state index in [1.54, 1.807) is 7.05 Å². The van der Waals surface area contributed by atoms with E-state index in [0.717, 1.165) is 0 Å². The summed E-state index contributed by atoms with van der Waals surface area (Å²) in [6.07, 6.45) is -0.124. The number of hydrogen-bond donors (Lipinski definition) is 0. The molecule has 0 N–H and O–H groups in total. The molecule has 1 fully saturated rings. The molecule has 4 heteroatoms. The molecule has 0 aromatic carbocycles. The van der Waals surface area contributed by atoms with Gasteiger partial charge in [-0.1, -0.05) is 0 Å². The van der Waals surface area contributed by atoms with Crippen molar-refractivity contribution in [2.45, 2.75) is 19.4 Å². The van der Waals surface area contributed by atoms with Crippen LogP contribution in [0.3, 0.4) is 0 Å². The summed E-state index contributed by atoms with van der Waals surface area (Å²) in [6, 6.07) is -0.00560. The van der Waals surface area contributed by atoms with Gasteiger partial charge < -0.3 is 9.64 Å². The molecule has 0 bridgehead atoms. The molecule has 1 atom stereocenters. The molecule has 0 spiro atoms. The van der Waals surface area contributed by atoms with Gasteiger partial charge in [0.2, 0.25) is 5.91 Å². The highest BCUT2D eigenvalue weighted by Crippen LogP contribution is 2.05. The minimum Gasteiger partial charge on any atom is -0.463 e. The Morgan fingerprint density at radius 1 is 1.55 bits per heavy atom. The Morgan fingerprint density at radius 2 is 2.18 bits per heavy atom. The molecule has 4 nitrogen and oxygen atoms in total. The van der Waals surface area contributed by atoms with Gasteiger partial charge in [-0.05, 0) is 6.92 Å². The zero-order valence-electron chi connectivity index (χ0n) is 6.66. The summed E-state index contributed by atoms with van der Waals surface area (Å²) in [6.45, 7) is 2.15. The smallest absolute Gasteiger partial charge is 0.315 e. The lowest BCUT2D eigenvalue weighted by Crippen LogP contribution is -2.35. The first-order valence-electron chi connectivity index (χ1n) is 3.52. The summed E-state index contributed by atoms with van der Waals surface area (Å²) in [5, 5.41) is 0. The van der Waals surface area contributed by atoms with Crippen molar-refractivity contribution < 1.29 is 14.3 Å². The third-order valence-corrected chi connectivity index (χ3v) is 1.84. The predicted octanol–water partition coefficient (Wildman–Crippen LogP) is -0.220. The van der Waals surface area contributed by atoms with Gasteiger partial charge in [-0.25, -0.2) is 0 Å². The number of cyclic esters (lactones) is 1. The molecule has 0 unspecified atom stereocenters. The molecule has 0 aromatic heterocycles. The highest BCUT2D eigenvalue weighted by Gasteiger charge is 2.24. The minimum atomic E-state index is -0.425. The molecule has 1 amide bonds. The van der Waals surface area contributed by atoms with Gasteiger partial charge in [0.05, 0.1) is 6.04 Å². The second-order valence-corrected chi connectivity index (χ2v) is 2.71.